The summed E-state index contributed by atoms with van der Waals surface area (Å²) < 4.78 is 35.1. The Morgan fingerprint density at radius 2 is 1.77 bits per heavy atom. The van der Waals surface area contributed by atoms with Crippen molar-refractivity contribution in [2.75, 3.05) is 11.4 Å². The molecule has 2 aliphatic heterocycles. The molecule has 6 rings (SSSR count). The molecule has 2 amide bonds. The lowest BCUT2D eigenvalue weighted by molar-refractivity contribution is 0.0927. The minimum atomic E-state index is -0.807. The van der Waals surface area contributed by atoms with E-state index in [4.69, 9.17) is 4.74 Å². The summed E-state index contributed by atoms with van der Waals surface area (Å²) in [5.41, 5.74) is 1.81. The Kier molecular flexibility index (Phi) is 6.63. The van der Waals surface area contributed by atoms with E-state index in [1.807, 2.05) is 54.6 Å². The lowest BCUT2D eigenvalue weighted by Gasteiger charge is -2.35. The normalized spacial score (nSPS) is 15.6. The van der Waals surface area contributed by atoms with Crippen molar-refractivity contribution in [1.29, 1.82) is 0 Å². The molecular formula is C31H25F2N3O4. The lowest BCUT2D eigenvalue weighted by Crippen LogP contribution is -2.45. The number of nitrogens with one attached hydrogen (secondary N) is 1. The highest BCUT2D eigenvalue weighted by molar-refractivity contribution is 6.08. The maximum absolute atomic E-state index is 14.1. The van der Waals surface area contributed by atoms with Crippen LogP contribution in [-0.2, 0) is 19.6 Å². The summed E-state index contributed by atoms with van der Waals surface area (Å²) in [5.74, 6) is -2.88. The molecule has 1 aromatic heterocycles. The topological polar surface area (TPSA) is 80.6 Å². The van der Waals surface area contributed by atoms with Gasteiger partial charge in [-0.2, -0.15) is 0 Å². The fraction of sp³-hybridized carbons (Fsp3) is 0.194. The van der Waals surface area contributed by atoms with E-state index < -0.39 is 23.0 Å². The van der Waals surface area contributed by atoms with Crippen LogP contribution in [0.15, 0.2) is 83.8 Å². The Bertz CT molecular complexity index is 1690. The average molecular weight is 542 g/mol. The number of ether oxygens (including phenoxy) is 1. The Morgan fingerprint density at radius 3 is 2.58 bits per heavy atom. The van der Waals surface area contributed by atoms with Crippen LogP contribution in [0.25, 0.3) is 0 Å². The van der Waals surface area contributed by atoms with E-state index in [9.17, 15) is 23.2 Å². The van der Waals surface area contributed by atoms with Crippen molar-refractivity contribution < 1.29 is 23.1 Å². The summed E-state index contributed by atoms with van der Waals surface area (Å²) in [6, 6.07) is 19.7. The first kappa shape index (κ1) is 25.5. The number of para-hydroxylation sites is 1. The van der Waals surface area contributed by atoms with Gasteiger partial charge in [-0.15, -0.1) is 0 Å². The molecule has 7 nitrogen and oxygen atoms in total. The molecule has 0 saturated heterocycles. The third-order valence-electron chi connectivity index (χ3n) is 7.38. The van der Waals surface area contributed by atoms with Crippen molar-refractivity contribution in [3.05, 3.63) is 129 Å². The number of rotatable bonds is 6. The molecule has 202 valence electrons. The molecule has 1 atom stereocenters. The van der Waals surface area contributed by atoms with E-state index in [-0.39, 0.29) is 47.7 Å². The molecule has 1 N–H and O–H groups in total. The van der Waals surface area contributed by atoms with Gasteiger partial charge in [0.25, 0.3) is 11.8 Å². The van der Waals surface area contributed by atoms with E-state index >= 15 is 0 Å². The van der Waals surface area contributed by atoms with E-state index in [2.05, 4.69) is 5.32 Å². The Balaban J connectivity index is 1.41. The highest BCUT2D eigenvalue weighted by atomic mass is 19.1. The third kappa shape index (κ3) is 4.64. The number of nitrogens with zero attached hydrogens (tertiary/aromatic N) is 2. The monoisotopic (exact) mass is 541 g/mol. The van der Waals surface area contributed by atoms with Crippen LogP contribution in [0, 0.1) is 11.6 Å². The second-order valence-corrected chi connectivity index (χ2v) is 9.89. The molecule has 0 aliphatic carbocycles. The molecule has 3 aromatic carbocycles. The van der Waals surface area contributed by atoms with Crippen molar-refractivity contribution in [1.82, 2.24) is 9.88 Å². The summed E-state index contributed by atoms with van der Waals surface area (Å²) >= 11 is 0. The standard InChI is InChI=1S/C31H25F2N3O4/c32-22-12-10-21(25(33)14-22)15-34-30(38)24-17-35-23-13-11-20-8-4-5-9-26(20)36(16-23)31(39)27(35)29(28(24)37)40-18-19-6-2-1-3-7-19/h1-10,12,14,17,23H,11,13,15-16,18H2,(H,34,38). The van der Waals surface area contributed by atoms with Gasteiger partial charge < -0.3 is 19.5 Å². The van der Waals surface area contributed by atoms with Crippen molar-refractivity contribution in [2.45, 2.75) is 32.0 Å². The number of aryl methyl sites for hydroxylation is 1. The van der Waals surface area contributed by atoms with Crippen LogP contribution in [0.5, 0.6) is 5.75 Å². The largest absolute Gasteiger partial charge is 0.483 e. The molecule has 2 bridgehead atoms. The van der Waals surface area contributed by atoms with Crippen LogP contribution in [-0.4, -0.2) is 22.9 Å². The smallest absolute Gasteiger partial charge is 0.279 e. The second-order valence-electron chi connectivity index (χ2n) is 9.89. The van der Waals surface area contributed by atoms with Crippen LogP contribution in [0.1, 0.15) is 50.0 Å². The van der Waals surface area contributed by atoms with Crippen LogP contribution < -0.4 is 20.4 Å². The highest BCUT2D eigenvalue weighted by Crippen LogP contribution is 2.37. The molecule has 0 fully saturated rings. The zero-order valence-electron chi connectivity index (χ0n) is 21.4. The number of hydrogen-bond acceptors (Lipinski definition) is 4. The highest BCUT2D eigenvalue weighted by Gasteiger charge is 2.39. The number of aromatic nitrogens is 1. The minimum Gasteiger partial charge on any atom is -0.483 e. The molecule has 9 heteroatoms. The van der Waals surface area contributed by atoms with E-state index in [1.165, 1.54) is 12.3 Å². The number of pyridine rings is 1. The second kappa shape index (κ2) is 10.4. The van der Waals surface area contributed by atoms with Gasteiger partial charge >= 0.3 is 0 Å². The molecular weight excluding hydrogens is 516 g/mol. The van der Waals surface area contributed by atoms with Gasteiger partial charge in [0, 0.05) is 36.6 Å². The number of amides is 2. The van der Waals surface area contributed by atoms with Crippen molar-refractivity contribution in [2.24, 2.45) is 0 Å². The Hall–Kier alpha value is -4.79. The van der Waals surface area contributed by atoms with Gasteiger partial charge in [0.1, 0.15) is 23.8 Å². The van der Waals surface area contributed by atoms with Gasteiger partial charge in [-0.05, 0) is 36.1 Å². The van der Waals surface area contributed by atoms with Gasteiger partial charge in [0.15, 0.2) is 11.4 Å². The number of hydrogen-bond donors (Lipinski definition) is 1. The summed E-state index contributed by atoms with van der Waals surface area (Å²) in [7, 11) is 0. The van der Waals surface area contributed by atoms with Crippen molar-refractivity contribution in [3.8, 4) is 5.75 Å². The average Bonchev–Trinajstić information content (AvgIpc) is 3.13. The third-order valence-corrected chi connectivity index (χ3v) is 7.38. The van der Waals surface area contributed by atoms with Gasteiger partial charge in [0.2, 0.25) is 5.43 Å². The van der Waals surface area contributed by atoms with Crippen molar-refractivity contribution >= 4 is 17.5 Å². The summed E-state index contributed by atoms with van der Waals surface area (Å²) in [5, 5.41) is 2.55. The maximum atomic E-state index is 14.1. The summed E-state index contributed by atoms with van der Waals surface area (Å²) in [6.45, 7) is 0.146. The molecule has 2 aliphatic rings. The maximum Gasteiger partial charge on any atom is 0.279 e. The molecule has 0 radical (unpaired) electrons. The SMILES string of the molecule is O=C(NCc1ccc(F)cc1F)c1cn2c(c(OCc3ccccc3)c1=O)C(=O)N1CC2CCc2ccccc21. The molecule has 0 spiro atoms. The Morgan fingerprint density at radius 1 is 1.00 bits per heavy atom. The number of carbonyl (C=O) groups is 2. The number of anilines is 1. The molecule has 3 heterocycles. The predicted octanol–water partition coefficient (Wildman–Crippen LogP) is 4.78. The zero-order valence-corrected chi connectivity index (χ0v) is 21.4. The van der Waals surface area contributed by atoms with E-state index in [0.717, 1.165) is 28.9 Å². The first-order chi connectivity index (χ1) is 19.4. The minimum absolute atomic E-state index is 0.0173. The zero-order chi connectivity index (χ0) is 27.8. The first-order valence-electron chi connectivity index (χ1n) is 13.0. The van der Waals surface area contributed by atoms with Crippen LogP contribution in [0.3, 0.4) is 0 Å². The first-order valence-corrected chi connectivity index (χ1v) is 13.0. The molecule has 1 unspecified atom stereocenters. The van der Waals surface area contributed by atoms with Crippen LogP contribution >= 0.6 is 0 Å². The van der Waals surface area contributed by atoms with Gasteiger partial charge in [-0.3, -0.25) is 14.4 Å². The van der Waals surface area contributed by atoms with E-state index in [1.54, 1.807) is 9.47 Å². The molecule has 4 aromatic rings. The molecule has 0 saturated carbocycles. The van der Waals surface area contributed by atoms with Crippen LogP contribution in [0.4, 0.5) is 14.5 Å². The lowest BCUT2D eigenvalue weighted by atomic mass is 10.0. The van der Waals surface area contributed by atoms with Crippen molar-refractivity contribution in [3.63, 3.8) is 0 Å². The van der Waals surface area contributed by atoms with Gasteiger partial charge in [-0.25, -0.2) is 8.78 Å². The fourth-order valence-electron chi connectivity index (χ4n) is 5.32. The van der Waals surface area contributed by atoms with Gasteiger partial charge in [0.05, 0.1) is 6.04 Å². The summed E-state index contributed by atoms with van der Waals surface area (Å²) in [6.07, 6.45) is 2.79. The van der Waals surface area contributed by atoms with Crippen LogP contribution in [0.2, 0.25) is 0 Å². The fourth-order valence-corrected chi connectivity index (χ4v) is 5.32. The van der Waals surface area contributed by atoms with Gasteiger partial charge in [-0.1, -0.05) is 54.6 Å². The number of fused-ring (bicyclic) bond motifs is 6. The quantitative estimate of drug-likeness (QED) is 0.381. The number of carbonyl (C=O) groups excluding carboxylic acids is 2. The Labute approximate surface area is 228 Å². The summed E-state index contributed by atoms with van der Waals surface area (Å²) in [4.78, 5) is 42.6. The number of benzene rings is 3. The number of halogens is 2. The molecule has 40 heavy (non-hydrogen) atoms. The van der Waals surface area contributed by atoms with E-state index in [0.29, 0.717) is 19.4 Å². The predicted molar refractivity (Wildman–Crippen MR) is 144 cm³/mol.